The molecule has 112 valence electrons. The van der Waals surface area contributed by atoms with Gasteiger partial charge in [0.15, 0.2) is 5.84 Å². The largest absolute Gasteiger partial charge is 0.409 e. The number of nitrogens with one attached hydrogen (secondary N) is 1. The Morgan fingerprint density at radius 1 is 1.50 bits per heavy atom. The smallest absolute Gasteiger partial charge is 0.170 e. The Hall–Kier alpha value is -1.24. The molecule has 1 rings (SSSR count). The highest BCUT2D eigenvalue weighted by Crippen LogP contribution is 2.13. The van der Waals surface area contributed by atoms with Gasteiger partial charge in [0.2, 0.25) is 0 Å². The normalized spacial score (nSPS) is 15.1. The minimum absolute atomic E-state index is 0.107. The van der Waals surface area contributed by atoms with E-state index in [1.54, 1.807) is 11.8 Å². The number of thioether (sulfide) groups is 1. The molecule has 0 aromatic heterocycles. The van der Waals surface area contributed by atoms with Gasteiger partial charge in [0.25, 0.3) is 0 Å². The molecule has 1 atom stereocenters. The Balaban J connectivity index is 2.62. The number of benzene rings is 1. The highest BCUT2D eigenvalue weighted by molar-refractivity contribution is 7.98. The second kappa shape index (κ2) is 7.52. The topological polar surface area (TPSA) is 90.9 Å². The number of aliphatic hydroxyl groups is 1. The number of aryl methyl sites for hydroxylation is 1. The van der Waals surface area contributed by atoms with E-state index in [4.69, 9.17) is 10.9 Å². The third kappa shape index (κ3) is 5.03. The van der Waals surface area contributed by atoms with E-state index < -0.39 is 5.60 Å². The van der Waals surface area contributed by atoms with Crippen LogP contribution in [0.2, 0.25) is 0 Å². The molecule has 0 bridgehead atoms. The molecule has 1 aromatic carbocycles. The van der Waals surface area contributed by atoms with Gasteiger partial charge in [0, 0.05) is 24.4 Å². The number of hydrogen-bond donors (Lipinski definition) is 4. The Labute approximate surface area is 124 Å². The van der Waals surface area contributed by atoms with Crippen LogP contribution in [0.15, 0.2) is 23.4 Å². The molecule has 5 N–H and O–H groups in total. The summed E-state index contributed by atoms with van der Waals surface area (Å²) in [6.45, 7) is 5.01. The fourth-order valence-electron chi connectivity index (χ4n) is 1.94. The maximum absolute atomic E-state index is 10.1. The molecule has 1 aromatic rings. The van der Waals surface area contributed by atoms with E-state index in [0.717, 1.165) is 11.1 Å². The highest BCUT2D eigenvalue weighted by Gasteiger charge is 2.18. The van der Waals surface area contributed by atoms with Crippen LogP contribution in [0.1, 0.15) is 23.6 Å². The summed E-state index contributed by atoms with van der Waals surface area (Å²) in [5.41, 5.74) is 7.73. The van der Waals surface area contributed by atoms with E-state index in [0.29, 0.717) is 24.4 Å². The Kier molecular flexibility index (Phi) is 6.32. The molecular weight excluding hydrogens is 274 g/mol. The predicted molar refractivity (Wildman–Crippen MR) is 84.4 cm³/mol. The first-order valence-corrected chi connectivity index (χ1v) is 7.78. The third-order valence-electron chi connectivity index (χ3n) is 3.02. The van der Waals surface area contributed by atoms with Crippen LogP contribution in [0.3, 0.4) is 0 Å². The lowest BCUT2D eigenvalue weighted by molar-refractivity contribution is 0.0846. The quantitative estimate of drug-likeness (QED) is 0.263. The number of rotatable bonds is 7. The van der Waals surface area contributed by atoms with E-state index in [2.05, 4.69) is 10.5 Å². The lowest BCUT2D eigenvalue weighted by Gasteiger charge is -2.23. The molecule has 0 heterocycles. The fraction of sp³-hybridized carbons (Fsp3) is 0.500. The molecule has 20 heavy (non-hydrogen) atoms. The van der Waals surface area contributed by atoms with Crippen LogP contribution in [-0.4, -0.2) is 40.3 Å². The summed E-state index contributed by atoms with van der Waals surface area (Å²) >= 11 is 1.62. The maximum atomic E-state index is 10.1. The summed E-state index contributed by atoms with van der Waals surface area (Å²) in [5.74, 6) is 0.803. The Morgan fingerprint density at radius 2 is 2.20 bits per heavy atom. The second-order valence-electron chi connectivity index (χ2n) is 5.16. The molecule has 6 heteroatoms. The summed E-state index contributed by atoms with van der Waals surface area (Å²) in [5, 5.41) is 25.0. The van der Waals surface area contributed by atoms with E-state index in [1.807, 2.05) is 38.3 Å². The van der Waals surface area contributed by atoms with Crippen LogP contribution in [0.5, 0.6) is 0 Å². The fourth-order valence-corrected chi connectivity index (χ4v) is 2.66. The van der Waals surface area contributed by atoms with Gasteiger partial charge in [-0.1, -0.05) is 17.3 Å². The number of oxime groups is 1. The molecule has 0 radical (unpaired) electrons. The van der Waals surface area contributed by atoms with Gasteiger partial charge in [-0.15, -0.1) is 0 Å². The lowest BCUT2D eigenvalue weighted by Crippen LogP contribution is -2.39. The molecule has 0 fully saturated rings. The monoisotopic (exact) mass is 297 g/mol. The van der Waals surface area contributed by atoms with Crippen molar-refractivity contribution in [3.8, 4) is 0 Å². The molecule has 0 aliphatic rings. The van der Waals surface area contributed by atoms with Gasteiger partial charge in [0.1, 0.15) is 0 Å². The molecule has 0 aliphatic heterocycles. The van der Waals surface area contributed by atoms with E-state index in [9.17, 15) is 5.11 Å². The average Bonchev–Trinajstić information content (AvgIpc) is 2.39. The van der Waals surface area contributed by atoms with Gasteiger partial charge < -0.3 is 21.4 Å². The number of hydrogen-bond acceptors (Lipinski definition) is 5. The van der Waals surface area contributed by atoms with Crippen molar-refractivity contribution in [2.75, 3.05) is 18.6 Å². The van der Waals surface area contributed by atoms with Gasteiger partial charge in [-0.2, -0.15) is 11.8 Å². The van der Waals surface area contributed by atoms with Crippen LogP contribution in [0.4, 0.5) is 0 Å². The Bertz CT molecular complexity index is 475. The van der Waals surface area contributed by atoms with Crippen molar-refractivity contribution >= 4 is 17.6 Å². The molecule has 0 spiro atoms. The lowest BCUT2D eigenvalue weighted by atomic mass is 10.0. The molecule has 5 nitrogen and oxygen atoms in total. The molecular formula is C14H23N3O2S. The average molecular weight is 297 g/mol. The van der Waals surface area contributed by atoms with Crippen molar-refractivity contribution in [2.24, 2.45) is 10.9 Å². The van der Waals surface area contributed by atoms with Gasteiger partial charge in [-0.05, 0) is 37.3 Å². The van der Waals surface area contributed by atoms with Crippen LogP contribution in [0, 0.1) is 6.92 Å². The Morgan fingerprint density at radius 3 is 2.75 bits per heavy atom. The van der Waals surface area contributed by atoms with Crippen LogP contribution >= 0.6 is 11.8 Å². The zero-order chi connectivity index (χ0) is 15.2. The third-order valence-corrected chi connectivity index (χ3v) is 3.93. The minimum Gasteiger partial charge on any atom is -0.409 e. The zero-order valence-corrected chi connectivity index (χ0v) is 13.0. The summed E-state index contributed by atoms with van der Waals surface area (Å²) in [7, 11) is 0. The van der Waals surface area contributed by atoms with Crippen molar-refractivity contribution in [1.29, 1.82) is 0 Å². The van der Waals surface area contributed by atoms with Crippen molar-refractivity contribution in [3.05, 3.63) is 34.9 Å². The van der Waals surface area contributed by atoms with Crippen molar-refractivity contribution in [2.45, 2.75) is 26.0 Å². The van der Waals surface area contributed by atoms with E-state index in [-0.39, 0.29) is 5.84 Å². The molecule has 0 aliphatic carbocycles. The van der Waals surface area contributed by atoms with Gasteiger partial charge in [0.05, 0.1) is 5.60 Å². The first kappa shape index (κ1) is 16.8. The van der Waals surface area contributed by atoms with Gasteiger partial charge in [-0.3, -0.25) is 0 Å². The predicted octanol–water partition coefficient (Wildman–Crippen LogP) is 1.29. The van der Waals surface area contributed by atoms with Crippen LogP contribution in [-0.2, 0) is 6.54 Å². The molecule has 0 saturated carbocycles. The van der Waals surface area contributed by atoms with Crippen LogP contribution < -0.4 is 11.1 Å². The number of amidine groups is 1. The second-order valence-corrected chi connectivity index (χ2v) is 6.03. The minimum atomic E-state index is -0.707. The van der Waals surface area contributed by atoms with Gasteiger partial charge >= 0.3 is 0 Å². The van der Waals surface area contributed by atoms with E-state index in [1.165, 1.54) is 0 Å². The molecule has 0 saturated heterocycles. The summed E-state index contributed by atoms with van der Waals surface area (Å²) in [6.07, 6.45) is 1.98. The number of nitrogens with two attached hydrogens (primary N) is 1. The standard InChI is InChI=1S/C14H23N3O2S/c1-10-6-11(13(15)17-19)4-5-12(10)7-16-8-14(2,18)9-20-3/h4-6,16,18-19H,7-9H2,1-3H3,(H2,15,17). The highest BCUT2D eigenvalue weighted by atomic mass is 32.2. The first-order valence-electron chi connectivity index (χ1n) is 6.39. The zero-order valence-electron chi connectivity index (χ0n) is 12.2. The van der Waals surface area contributed by atoms with Gasteiger partial charge in [-0.25, -0.2) is 0 Å². The first-order chi connectivity index (χ1) is 9.39. The summed E-state index contributed by atoms with van der Waals surface area (Å²) < 4.78 is 0. The van der Waals surface area contributed by atoms with Crippen molar-refractivity contribution in [1.82, 2.24) is 5.32 Å². The SMILES string of the molecule is CSCC(C)(O)CNCc1ccc(/C(N)=N/O)cc1C. The van der Waals surface area contributed by atoms with Crippen molar-refractivity contribution < 1.29 is 10.3 Å². The molecule has 0 amide bonds. The van der Waals surface area contributed by atoms with Crippen molar-refractivity contribution in [3.63, 3.8) is 0 Å². The maximum Gasteiger partial charge on any atom is 0.170 e. The number of nitrogens with zero attached hydrogens (tertiary/aromatic N) is 1. The van der Waals surface area contributed by atoms with E-state index >= 15 is 0 Å². The van der Waals surface area contributed by atoms with Crippen LogP contribution in [0.25, 0.3) is 0 Å². The summed E-state index contributed by atoms with van der Waals surface area (Å²) in [4.78, 5) is 0. The molecule has 1 unspecified atom stereocenters. The summed E-state index contributed by atoms with van der Waals surface area (Å²) in [6, 6.07) is 5.64.